The van der Waals surface area contributed by atoms with Gasteiger partial charge in [-0.15, -0.1) is 0 Å². The largest absolute Gasteiger partial charge is 0.394 e. The fourth-order valence-corrected chi connectivity index (χ4v) is 3.52. The van der Waals surface area contributed by atoms with E-state index in [-0.39, 0.29) is 34.8 Å². The highest BCUT2D eigenvalue weighted by molar-refractivity contribution is 7.90. The fourth-order valence-electron chi connectivity index (χ4n) is 2.88. The summed E-state index contributed by atoms with van der Waals surface area (Å²) in [5, 5.41) is 8.30. The Morgan fingerprint density at radius 2 is 1.15 bits per heavy atom. The van der Waals surface area contributed by atoms with Gasteiger partial charge >= 0.3 is 0 Å². The third kappa shape index (κ3) is 49.7. The predicted molar refractivity (Wildman–Crippen MR) is 172 cm³/mol. The predicted octanol–water partition coefficient (Wildman–Crippen LogP) is 5.37. The molecule has 0 radical (unpaired) electrons. The molecule has 1 aliphatic rings. The van der Waals surface area contributed by atoms with Gasteiger partial charge in [0.1, 0.15) is 9.84 Å². The van der Waals surface area contributed by atoms with Gasteiger partial charge in [0.2, 0.25) is 0 Å². The van der Waals surface area contributed by atoms with Gasteiger partial charge in [-0.2, -0.15) is 0 Å². The lowest BCUT2D eigenvalue weighted by molar-refractivity contribution is -0.100. The minimum atomic E-state index is -2.82. The summed E-state index contributed by atoms with van der Waals surface area (Å²) < 4.78 is 48.4. The number of sulfone groups is 1. The minimum absolute atomic E-state index is 0.00199. The zero-order valence-electron chi connectivity index (χ0n) is 29.5. The first-order chi connectivity index (χ1) is 18.3. The lowest BCUT2D eigenvalue weighted by Crippen LogP contribution is -2.31. The summed E-state index contributed by atoms with van der Waals surface area (Å²) in [6.07, 6.45) is 4.35. The summed E-state index contributed by atoms with van der Waals surface area (Å²) in [7, 11) is 1.27. The molecule has 0 saturated carbocycles. The summed E-state index contributed by atoms with van der Waals surface area (Å²) in [6.45, 7) is 28.8. The smallest absolute Gasteiger partial charge is 0.147 e. The Morgan fingerprint density at radius 3 is 1.46 bits per heavy atom. The maximum atomic E-state index is 10.7. The van der Waals surface area contributed by atoms with Crippen LogP contribution >= 0.6 is 0 Å². The Balaban J connectivity index is -0.000000474. The van der Waals surface area contributed by atoms with Crippen molar-refractivity contribution in [3.8, 4) is 0 Å². The molecule has 0 aromatic heterocycles. The Labute approximate surface area is 254 Å². The standard InChI is InChI=1S/C9H18O2.C8H19NO.C8H18O3S.C6H14O2/c1-9(2,3)11-8-4-6-10-7-5-8;1-8(2,3)10-7-6-9(4)5;1-8(2,3)11-6-5-7-12(4,9)10;1-6(2,3)8-5-4-7/h8H,4-7H2,1-3H3;6-7H2,1-5H3;5-7H2,1-4H3;7H,4-5H2,1-3H3. The number of aliphatic hydroxyl groups excluding tert-OH is 1. The summed E-state index contributed by atoms with van der Waals surface area (Å²) in [5.41, 5.74) is -0.266. The summed E-state index contributed by atoms with van der Waals surface area (Å²) in [5.74, 6) is 0.211. The van der Waals surface area contributed by atoms with E-state index in [0.717, 1.165) is 39.2 Å². The first-order valence-electron chi connectivity index (χ1n) is 14.9. The van der Waals surface area contributed by atoms with E-state index in [9.17, 15) is 8.42 Å². The minimum Gasteiger partial charge on any atom is -0.394 e. The first-order valence-corrected chi connectivity index (χ1v) is 16.9. The Hall–Kier alpha value is -0.330. The molecule has 0 spiro atoms. The molecule has 1 aliphatic heterocycles. The second kappa shape index (κ2) is 22.2. The van der Waals surface area contributed by atoms with Crippen molar-refractivity contribution in [2.75, 3.05) is 72.3 Å². The molecule has 1 N–H and O–H groups in total. The summed E-state index contributed by atoms with van der Waals surface area (Å²) in [4.78, 5) is 2.12. The van der Waals surface area contributed by atoms with Crippen LogP contribution in [0.5, 0.6) is 0 Å². The van der Waals surface area contributed by atoms with Crippen LogP contribution in [0.1, 0.15) is 102 Å². The van der Waals surface area contributed by atoms with Gasteiger partial charge in [-0.1, -0.05) is 0 Å². The Bertz CT molecular complexity index is 694. The molecule has 1 fully saturated rings. The Kier molecular flexibility index (Phi) is 24.4. The van der Waals surface area contributed by atoms with E-state index < -0.39 is 9.84 Å². The number of aliphatic hydroxyl groups is 1. The second-order valence-corrected chi connectivity index (χ2v) is 16.7. The van der Waals surface area contributed by atoms with Crippen molar-refractivity contribution >= 4 is 9.84 Å². The second-order valence-electron chi connectivity index (χ2n) is 14.4. The normalized spacial score (nSPS) is 15.2. The van der Waals surface area contributed by atoms with Crippen LogP contribution in [0.4, 0.5) is 0 Å². The maximum absolute atomic E-state index is 10.7. The van der Waals surface area contributed by atoms with Crippen LogP contribution in [0.25, 0.3) is 0 Å². The molecule has 10 heteroatoms. The third-order valence-electron chi connectivity index (χ3n) is 4.58. The highest BCUT2D eigenvalue weighted by Crippen LogP contribution is 2.18. The van der Waals surface area contributed by atoms with Crippen molar-refractivity contribution in [1.82, 2.24) is 4.90 Å². The van der Waals surface area contributed by atoms with Gasteiger partial charge in [-0.05, 0) is 116 Å². The van der Waals surface area contributed by atoms with E-state index in [2.05, 4.69) is 46.4 Å². The molecular formula is C31H69NO8S. The molecule has 9 nitrogen and oxygen atoms in total. The summed E-state index contributed by atoms with van der Waals surface area (Å²) in [6, 6.07) is 0. The molecular weight excluding hydrogens is 546 g/mol. The van der Waals surface area contributed by atoms with Gasteiger partial charge < -0.3 is 33.7 Å². The molecule has 0 amide bonds. The Morgan fingerprint density at radius 1 is 0.732 bits per heavy atom. The molecule has 1 heterocycles. The van der Waals surface area contributed by atoms with Crippen molar-refractivity contribution in [1.29, 1.82) is 0 Å². The van der Waals surface area contributed by atoms with Crippen molar-refractivity contribution in [3.05, 3.63) is 0 Å². The maximum Gasteiger partial charge on any atom is 0.147 e. The van der Waals surface area contributed by atoms with E-state index in [1.54, 1.807) is 0 Å². The molecule has 0 aliphatic carbocycles. The molecule has 252 valence electrons. The van der Waals surface area contributed by atoms with E-state index in [0.29, 0.717) is 25.7 Å². The number of hydrogen-bond donors (Lipinski definition) is 1. The van der Waals surface area contributed by atoms with Gasteiger partial charge in [0.05, 0.1) is 54.1 Å². The van der Waals surface area contributed by atoms with Crippen LogP contribution in [-0.2, 0) is 33.5 Å². The van der Waals surface area contributed by atoms with Crippen molar-refractivity contribution < 1.29 is 37.2 Å². The van der Waals surface area contributed by atoms with Gasteiger partial charge in [0.25, 0.3) is 0 Å². The SMILES string of the molecule is CC(C)(C)OC1CCOCC1.CC(C)(C)OCCCS(C)(=O)=O.CC(C)(C)OCCO.CN(C)CCOC(C)(C)C. The first kappa shape index (κ1) is 45.1. The highest BCUT2D eigenvalue weighted by atomic mass is 32.2. The van der Waals surface area contributed by atoms with E-state index >= 15 is 0 Å². The molecule has 0 bridgehead atoms. The number of ether oxygens (including phenoxy) is 5. The number of hydrogen-bond acceptors (Lipinski definition) is 9. The highest BCUT2D eigenvalue weighted by Gasteiger charge is 2.20. The monoisotopic (exact) mass is 615 g/mol. The topological polar surface area (TPSA) is 104 Å². The summed E-state index contributed by atoms with van der Waals surface area (Å²) >= 11 is 0. The lowest BCUT2D eigenvalue weighted by Gasteiger charge is -2.30. The van der Waals surface area contributed by atoms with Crippen LogP contribution in [0.2, 0.25) is 0 Å². The van der Waals surface area contributed by atoms with Crippen LogP contribution in [0.3, 0.4) is 0 Å². The van der Waals surface area contributed by atoms with Crippen LogP contribution < -0.4 is 0 Å². The molecule has 0 atom stereocenters. The van der Waals surface area contributed by atoms with E-state index in [1.165, 1.54) is 6.26 Å². The molecule has 0 aromatic rings. The number of rotatable bonds is 10. The quantitative estimate of drug-likeness (QED) is 0.325. The third-order valence-corrected chi connectivity index (χ3v) is 5.61. The van der Waals surface area contributed by atoms with Crippen LogP contribution in [-0.4, -0.2) is 119 Å². The van der Waals surface area contributed by atoms with Gasteiger partial charge in [-0.3, -0.25) is 0 Å². The van der Waals surface area contributed by atoms with Gasteiger partial charge in [-0.25, -0.2) is 8.42 Å². The molecule has 41 heavy (non-hydrogen) atoms. The average Bonchev–Trinajstić information content (AvgIpc) is 2.73. The van der Waals surface area contributed by atoms with E-state index in [4.69, 9.17) is 28.8 Å². The molecule has 1 rings (SSSR count). The van der Waals surface area contributed by atoms with Gasteiger partial charge in [0.15, 0.2) is 0 Å². The molecule has 0 aromatic carbocycles. The zero-order chi connectivity index (χ0) is 33.0. The number of nitrogens with zero attached hydrogens (tertiary/aromatic N) is 1. The lowest BCUT2D eigenvalue weighted by atomic mass is 10.1. The van der Waals surface area contributed by atoms with Crippen LogP contribution in [0.15, 0.2) is 0 Å². The van der Waals surface area contributed by atoms with Crippen molar-refractivity contribution in [3.63, 3.8) is 0 Å². The zero-order valence-corrected chi connectivity index (χ0v) is 30.3. The van der Waals surface area contributed by atoms with Gasteiger partial charge in [0, 0.05) is 32.6 Å². The van der Waals surface area contributed by atoms with Crippen molar-refractivity contribution in [2.24, 2.45) is 0 Å². The molecule has 1 saturated heterocycles. The van der Waals surface area contributed by atoms with Crippen LogP contribution in [0, 0.1) is 0 Å². The fraction of sp³-hybridized carbons (Fsp3) is 1.00. The van der Waals surface area contributed by atoms with Crippen molar-refractivity contribution in [2.45, 2.75) is 131 Å². The molecule has 0 unspecified atom stereocenters. The number of likely N-dealkylation sites (N-methyl/N-ethyl adjacent to an activating group) is 1. The average molecular weight is 616 g/mol. The van der Waals surface area contributed by atoms with E-state index in [1.807, 2.05) is 55.6 Å².